The summed E-state index contributed by atoms with van der Waals surface area (Å²) in [6, 6.07) is 8.54. The van der Waals surface area contributed by atoms with E-state index in [0.29, 0.717) is 12.8 Å². The number of benzene rings is 1. The van der Waals surface area contributed by atoms with Gasteiger partial charge in [-0.3, -0.25) is 4.79 Å². The number of amides is 1. The lowest BCUT2D eigenvalue weighted by Crippen LogP contribution is -2.44. The molecule has 0 unspecified atom stereocenters. The topological polar surface area (TPSA) is 66.4 Å². The maximum atomic E-state index is 12.2. The van der Waals surface area contributed by atoms with Gasteiger partial charge in [-0.05, 0) is 23.8 Å². The zero-order valence-electron chi connectivity index (χ0n) is 13.2. The van der Waals surface area contributed by atoms with Crippen molar-refractivity contribution in [1.29, 1.82) is 0 Å². The van der Waals surface area contributed by atoms with Gasteiger partial charge in [0, 0.05) is 12.8 Å². The molecule has 1 atom stereocenters. The summed E-state index contributed by atoms with van der Waals surface area (Å²) in [4.78, 5) is 23.6. The van der Waals surface area contributed by atoms with E-state index in [9.17, 15) is 14.7 Å². The van der Waals surface area contributed by atoms with Crippen LogP contribution in [0.5, 0.6) is 0 Å². The molecule has 1 aromatic rings. The van der Waals surface area contributed by atoms with Crippen LogP contribution in [0, 0.1) is 5.41 Å². The lowest BCUT2D eigenvalue weighted by atomic mass is 9.73. The molecule has 2 N–H and O–H groups in total. The third kappa shape index (κ3) is 4.86. The Morgan fingerprint density at radius 1 is 1.18 bits per heavy atom. The second-order valence-corrected chi connectivity index (χ2v) is 6.70. The van der Waals surface area contributed by atoms with Gasteiger partial charge in [-0.25, -0.2) is 4.79 Å². The predicted molar refractivity (Wildman–Crippen MR) is 85.5 cm³/mol. The molecular formula is C18H25NO3. The van der Waals surface area contributed by atoms with Gasteiger partial charge in [0.25, 0.3) is 0 Å². The van der Waals surface area contributed by atoms with Gasteiger partial charge < -0.3 is 10.4 Å². The van der Waals surface area contributed by atoms with E-state index in [4.69, 9.17) is 0 Å². The summed E-state index contributed by atoms with van der Waals surface area (Å²) in [5.74, 6) is -1.13. The van der Waals surface area contributed by atoms with Crippen molar-refractivity contribution in [3.05, 3.63) is 35.9 Å². The molecule has 1 aliphatic carbocycles. The normalized spacial score (nSPS) is 18.4. The molecule has 0 aliphatic heterocycles. The highest BCUT2D eigenvalue weighted by Crippen LogP contribution is 2.38. The summed E-state index contributed by atoms with van der Waals surface area (Å²) >= 11 is 0. The summed E-state index contributed by atoms with van der Waals surface area (Å²) < 4.78 is 0. The van der Waals surface area contributed by atoms with Gasteiger partial charge in [-0.1, -0.05) is 56.5 Å². The van der Waals surface area contributed by atoms with Crippen LogP contribution in [-0.4, -0.2) is 23.0 Å². The summed E-state index contributed by atoms with van der Waals surface area (Å²) in [6.45, 7) is 2.14. The van der Waals surface area contributed by atoms with Crippen molar-refractivity contribution in [3.8, 4) is 0 Å². The molecule has 2 rings (SSSR count). The van der Waals surface area contributed by atoms with Crippen LogP contribution in [0.25, 0.3) is 0 Å². The van der Waals surface area contributed by atoms with Crippen LogP contribution in [0.1, 0.15) is 51.0 Å². The van der Waals surface area contributed by atoms with E-state index in [-0.39, 0.29) is 11.3 Å². The minimum absolute atomic E-state index is 0.0259. The number of rotatable bonds is 6. The molecule has 1 saturated carbocycles. The average molecular weight is 303 g/mol. The van der Waals surface area contributed by atoms with E-state index >= 15 is 0 Å². The molecule has 4 nitrogen and oxygen atoms in total. The second-order valence-electron chi connectivity index (χ2n) is 6.70. The number of carboxylic acids is 1. The second kappa shape index (κ2) is 7.43. The van der Waals surface area contributed by atoms with Gasteiger partial charge >= 0.3 is 5.97 Å². The first kappa shape index (κ1) is 16.5. The molecule has 120 valence electrons. The molecule has 4 heteroatoms. The van der Waals surface area contributed by atoms with Crippen molar-refractivity contribution < 1.29 is 14.7 Å². The van der Waals surface area contributed by atoms with E-state index in [1.54, 1.807) is 0 Å². The van der Waals surface area contributed by atoms with Gasteiger partial charge in [0.2, 0.25) is 5.91 Å². The fourth-order valence-electron chi connectivity index (χ4n) is 3.26. The van der Waals surface area contributed by atoms with Crippen molar-refractivity contribution in [1.82, 2.24) is 5.32 Å². The Hall–Kier alpha value is -1.84. The first-order valence-electron chi connectivity index (χ1n) is 8.05. The van der Waals surface area contributed by atoms with Gasteiger partial charge in [-0.15, -0.1) is 0 Å². The number of hydrogen-bond acceptors (Lipinski definition) is 2. The maximum absolute atomic E-state index is 12.2. The van der Waals surface area contributed by atoms with Crippen LogP contribution in [0.15, 0.2) is 30.3 Å². The Kier molecular flexibility index (Phi) is 5.58. The van der Waals surface area contributed by atoms with Crippen LogP contribution >= 0.6 is 0 Å². The van der Waals surface area contributed by atoms with Crippen LogP contribution in [-0.2, 0) is 16.0 Å². The molecule has 0 saturated heterocycles. The number of carbonyl (C=O) groups excluding carboxylic acids is 1. The fraction of sp³-hybridized carbons (Fsp3) is 0.556. The largest absolute Gasteiger partial charge is 0.480 e. The molecule has 0 heterocycles. The summed E-state index contributed by atoms with van der Waals surface area (Å²) in [7, 11) is 0. The lowest BCUT2D eigenvalue weighted by molar-refractivity contribution is -0.142. The number of carbonyl (C=O) groups is 2. The van der Waals surface area contributed by atoms with E-state index in [1.807, 2.05) is 30.3 Å². The maximum Gasteiger partial charge on any atom is 0.326 e. The molecule has 0 radical (unpaired) electrons. The Labute approximate surface area is 131 Å². The minimum atomic E-state index is -0.981. The van der Waals surface area contributed by atoms with Crippen LogP contribution in [0.3, 0.4) is 0 Å². The van der Waals surface area contributed by atoms with Crippen LogP contribution in [0.2, 0.25) is 0 Å². The fourth-order valence-corrected chi connectivity index (χ4v) is 3.26. The number of nitrogens with one attached hydrogen (secondary N) is 1. The van der Waals surface area contributed by atoms with E-state index in [2.05, 4.69) is 12.2 Å². The standard InChI is InChI=1S/C18H25NO3/c1-18(10-6-3-7-11-18)13-16(20)19-15(17(21)22)12-14-8-4-2-5-9-14/h2,4-5,8-9,15H,3,6-7,10-13H2,1H3,(H,19,20)(H,21,22)/t15-/m0/s1. The molecule has 0 bridgehead atoms. The van der Waals surface area contributed by atoms with Crippen LogP contribution < -0.4 is 5.32 Å². The van der Waals surface area contributed by atoms with Crippen molar-refractivity contribution in [3.63, 3.8) is 0 Å². The van der Waals surface area contributed by atoms with Gasteiger partial charge in [-0.2, -0.15) is 0 Å². The van der Waals surface area contributed by atoms with Gasteiger partial charge in [0.05, 0.1) is 0 Å². The Bertz CT molecular complexity index is 506. The third-order valence-electron chi connectivity index (χ3n) is 4.56. The summed E-state index contributed by atoms with van der Waals surface area (Å²) in [6.07, 6.45) is 6.41. The van der Waals surface area contributed by atoms with Crippen molar-refractivity contribution >= 4 is 11.9 Å². The molecule has 0 spiro atoms. The predicted octanol–water partition coefficient (Wildman–Crippen LogP) is 3.16. The SMILES string of the molecule is CC1(CC(=O)N[C@@H](Cc2ccccc2)C(=O)O)CCCCC1. The smallest absolute Gasteiger partial charge is 0.326 e. The Balaban J connectivity index is 1.92. The average Bonchev–Trinajstić information content (AvgIpc) is 2.47. The van der Waals surface area contributed by atoms with Gasteiger partial charge in [0.15, 0.2) is 0 Å². The first-order valence-corrected chi connectivity index (χ1v) is 8.05. The zero-order chi connectivity index (χ0) is 16.0. The van der Waals surface area contributed by atoms with E-state index < -0.39 is 12.0 Å². The zero-order valence-corrected chi connectivity index (χ0v) is 13.2. The molecule has 1 amide bonds. The highest BCUT2D eigenvalue weighted by Gasteiger charge is 2.31. The van der Waals surface area contributed by atoms with Crippen molar-refractivity contribution in [2.45, 2.75) is 57.9 Å². The molecule has 0 aromatic heterocycles. The van der Waals surface area contributed by atoms with Gasteiger partial charge in [0.1, 0.15) is 6.04 Å². The monoisotopic (exact) mass is 303 g/mol. The molecule has 22 heavy (non-hydrogen) atoms. The minimum Gasteiger partial charge on any atom is -0.480 e. The molecule has 1 aromatic carbocycles. The van der Waals surface area contributed by atoms with Crippen molar-refractivity contribution in [2.24, 2.45) is 5.41 Å². The summed E-state index contributed by atoms with van der Waals surface area (Å²) in [5.41, 5.74) is 0.942. The molecular weight excluding hydrogens is 278 g/mol. The highest BCUT2D eigenvalue weighted by molar-refractivity contribution is 5.84. The van der Waals surface area contributed by atoms with E-state index in [0.717, 1.165) is 31.2 Å². The number of aliphatic carboxylic acids is 1. The molecule has 1 aliphatic rings. The molecule has 1 fully saturated rings. The van der Waals surface area contributed by atoms with E-state index in [1.165, 1.54) is 6.42 Å². The number of hydrogen-bond donors (Lipinski definition) is 2. The first-order chi connectivity index (χ1) is 10.5. The lowest BCUT2D eigenvalue weighted by Gasteiger charge is -2.33. The third-order valence-corrected chi connectivity index (χ3v) is 4.56. The highest BCUT2D eigenvalue weighted by atomic mass is 16.4. The summed E-state index contributed by atoms with van der Waals surface area (Å²) in [5, 5.41) is 12.0. The Morgan fingerprint density at radius 2 is 1.82 bits per heavy atom. The Morgan fingerprint density at radius 3 is 2.41 bits per heavy atom. The van der Waals surface area contributed by atoms with Crippen LogP contribution in [0.4, 0.5) is 0 Å². The quantitative estimate of drug-likeness (QED) is 0.848. The van der Waals surface area contributed by atoms with Crippen molar-refractivity contribution in [2.75, 3.05) is 0 Å². The number of carboxylic acid groups (broad SMARTS) is 1.